The summed E-state index contributed by atoms with van der Waals surface area (Å²) < 4.78 is 1.76. The van der Waals surface area contributed by atoms with Crippen molar-refractivity contribution in [3.05, 3.63) is 88.2 Å². The maximum absolute atomic E-state index is 13.2. The highest BCUT2D eigenvalue weighted by Crippen LogP contribution is 2.28. The van der Waals surface area contributed by atoms with Gasteiger partial charge in [-0.2, -0.15) is 0 Å². The van der Waals surface area contributed by atoms with Crippen molar-refractivity contribution in [2.75, 3.05) is 4.90 Å². The molecule has 0 radical (unpaired) electrons. The molecule has 8 heteroatoms. The van der Waals surface area contributed by atoms with Crippen LogP contribution in [-0.2, 0) is 9.59 Å². The summed E-state index contributed by atoms with van der Waals surface area (Å²) in [6.45, 7) is 5.34. The zero-order valence-corrected chi connectivity index (χ0v) is 18.2. The Balaban J connectivity index is 1.81. The third-order valence-electron chi connectivity index (χ3n) is 5.60. The molecule has 33 heavy (non-hydrogen) atoms. The molecule has 0 saturated carbocycles. The molecule has 0 unspecified atom stereocenters. The Morgan fingerprint density at radius 2 is 1.58 bits per heavy atom. The lowest BCUT2D eigenvalue weighted by atomic mass is 10.1. The fourth-order valence-corrected chi connectivity index (χ4v) is 4.00. The summed E-state index contributed by atoms with van der Waals surface area (Å²) in [5.74, 6) is -2.58. The quantitative estimate of drug-likeness (QED) is 0.471. The van der Waals surface area contributed by atoms with Crippen LogP contribution in [-0.4, -0.2) is 33.5 Å². The van der Waals surface area contributed by atoms with Crippen molar-refractivity contribution in [1.29, 1.82) is 0 Å². The van der Waals surface area contributed by atoms with E-state index in [1.165, 1.54) is 12.1 Å². The Hall–Kier alpha value is -4.46. The van der Waals surface area contributed by atoms with Crippen LogP contribution in [0.3, 0.4) is 0 Å². The fourth-order valence-electron chi connectivity index (χ4n) is 4.00. The number of para-hydroxylation sites is 2. The smallest absolute Gasteiger partial charge is 0.337 e. The molecule has 8 nitrogen and oxygen atoms in total. The van der Waals surface area contributed by atoms with Crippen molar-refractivity contribution in [3.63, 3.8) is 0 Å². The van der Waals surface area contributed by atoms with Crippen LogP contribution in [0.1, 0.15) is 32.9 Å². The predicted molar refractivity (Wildman–Crippen MR) is 122 cm³/mol. The number of carbonyl (C=O) groups excluding carboxylic acids is 3. The van der Waals surface area contributed by atoms with Gasteiger partial charge < -0.3 is 9.67 Å². The van der Waals surface area contributed by atoms with Crippen LogP contribution in [0, 0.1) is 20.8 Å². The summed E-state index contributed by atoms with van der Waals surface area (Å²) in [6, 6.07) is 14.4. The maximum Gasteiger partial charge on any atom is 0.337 e. The van der Waals surface area contributed by atoms with E-state index in [1.807, 2.05) is 0 Å². The molecular weight excluding hydrogens is 422 g/mol. The zero-order valence-electron chi connectivity index (χ0n) is 18.2. The number of rotatable bonds is 4. The molecule has 1 saturated heterocycles. The number of benzene rings is 2. The highest BCUT2D eigenvalue weighted by molar-refractivity contribution is 6.39. The average Bonchev–Trinajstić information content (AvgIpc) is 3.05. The molecule has 1 fully saturated rings. The first-order chi connectivity index (χ1) is 15.7. The number of amides is 4. The lowest BCUT2D eigenvalue weighted by molar-refractivity contribution is -0.122. The van der Waals surface area contributed by atoms with E-state index in [2.05, 4.69) is 5.32 Å². The summed E-state index contributed by atoms with van der Waals surface area (Å²) in [4.78, 5) is 50.9. The van der Waals surface area contributed by atoms with Gasteiger partial charge in [-0.05, 0) is 62.2 Å². The summed E-state index contributed by atoms with van der Waals surface area (Å²) in [7, 11) is 0. The molecule has 3 aromatic rings. The summed E-state index contributed by atoms with van der Waals surface area (Å²) in [6.07, 6.45) is 1.43. The number of nitrogens with one attached hydrogen (secondary N) is 1. The van der Waals surface area contributed by atoms with Crippen LogP contribution in [0.25, 0.3) is 11.8 Å². The number of aryl methyl sites for hydroxylation is 2. The number of carboxylic acids is 1. The number of anilines is 1. The van der Waals surface area contributed by atoms with Gasteiger partial charge in [-0.1, -0.05) is 30.3 Å². The van der Waals surface area contributed by atoms with Crippen LogP contribution < -0.4 is 10.2 Å². The number of aromatic nitrogens is 1. The van der Waals surface area contributed by atoms with E-state index in [0.717, 1.165) is 10.6 Å². The summed E-state index contributed by atoms with van der Waals surface area (Å²) in [5.41, 5.74) is 3.44. The average molecular weight is 443 g/mol. The minimum absolute atomic E-state index is 0.126. The molecule has 166 valence electrons. The Bertz CT molecular complexity index is 1370. The molecule has 4 rings (SSSR count). The largest absolute Gasteiger partial charge is 0.478 e. The number of hydrogen-bond acceptors (Lipinski definition) is 4. The number of barbiturate groups is 1. The minimum Gasteiger partial charge on any atom is -0.478 e. The van der Waals surface area contributed by atoms with Crippen molar-refractivity contribution in [3.8, 4) is 5.69 Å². The number of nitrogens with zero attached hydrogens (tertiary/aromatic N) is 2. The number of carbonyl (C=O) groups is 4. The summed E-state index contributed by atoms with van der Waals surface area (Å²) in [5, 5.41) is 11.8. The number of carboxylic acid groups (broad SMARTS) is 1. The first kappa shape index (κ1) is 21.8. The molecule has 2 heterocycles. The Morgan fingerprint density at radius 3 is 2.24 bits per heavy atom. The zero-order chi connectivity index (χ0) is 23.9. The molecule has 1 aromatic heterocycles. The topological polar surface area (TPSA) is 109 Å². The Kier molecular flexibility index (Phi) is 5.43. The second-order valence-corrected chi connectivity index (χ2v) is 7.73. The minimum atomic E-state index is -1.06. The highest BCUT2D eigenvalue weighted by atomic mass is 16.4. The van der Waals surface area contributed by atoms with Crippen LogP contribution in [0.2, 0.25) is 0 Å². The van der Waals surface area contributed by atoms with Gasteiger partial charge in [-0.3, -0.25) is 14.9 Å². The fraction of sp³-hybridized carbons (Fsp3) is 0.120. The van der Waals surface area contributed by atoms with E-state index in [0.29, 0.717) is 28.2 Å². The maximum atomic E-state index is 13.2. The van der Waals surface area contributed by atoms with Gasteiger partial charge in [-0.25, -0.2) is 14.5 Å². The van der Waals surface area contributed by atoms with Gasteiger partial charge in [0.05, 0.1) is 16.9 Å². The molecule has 0 bridgehead atoms. The molecule has 1 aliphatic rings. The Morgan fingerprint density at radius 1 is 0.939 bits per heavy atom. The van der Waals surface area contributed by atoms with Crippen LogP contribution in [0.4, 0.5) is 10.5 Å². The second kappa shape index (κ2) is 8.23. The van der Waals surface area contributed by atoms with Crippen molar-refractivity contribution < 1.29 is 24.3 Å². The normalized spacial score (nSPS) is 15.2. The molecule has 1 aliphatic heterocycles. The monoisotopic (exact) mass is 443 g/mol. The van der Waals surface area contributed by atoms with Gasteiger partial charge in [-0.15, -0.1) is 0 Å². The van der Waals surface area contributed by atoms with Gasteiger partial charge in [0.15, 0.2) is 0 Å². The third kappa shape index (κ3) is 3.71. The Labute approximate surface area is 189 Å². The van der Waals surface area contributed by atoms with Gasteiger partial charge >= 0.3 is 12.0 Å². The predicted octanol–water partition coefficient (Wildman–Crippen LogP) is 3.77. The molecule has 2 N–H and O–H groups in total. The van der Waals surface area contributed by atoms with Crippen LogP contribution in [0.15, 0.2) is 60.2 Å². The van der Waals surface area contributed by atoms with E-state index >= 15 is 0 Å². The van der Waals surface area contributed by atoms with Gasteiger partial charge in [0.2, 0.25) is 0 Å². The number of aromatic carboxylic acids is 1. The number of imide groups is 2. The van der Waals surface area contributed by atoms with E-state index in [-0.39, 0.29) is 11.1 Å². The van der Waals surface area contributed by atoms with Crippen LogP contribution >= 0.6 is 0 Å². The standard InChI is InChI=1S/C25H21N3O5/c1-14-8-4-6-10-20(14)28-23(30)19(22(29)26-25(28)33)13-17-12-15(2)27(16(17)3)21-11-7-5-9-18(21)24(31)32/h4-13H,1-3H3,(H,31,32)(H,26,29,33)/b19-13+. The number of urea groups is 1. The molecule has 2 aromatic carbocycles. The van der Waals surface area contributed by atoms with E-state index in [9.17, 15) is 24.3 Å². The van der Waals surface area contributed by atoms with Gasteiger partial charge in [0, 0.05) is 11.4 Å². The van der Waals surface area contributed by atoms with Crippen molar-refractivity contribution >= 4 is 35.6 Å². The van der Waals surface area contributed by atoms with Crippen molar-refractivity contribution in [2.45, 2.75) is 20.8 Å². The lowest BCUT2D eigenvalue weighted by Gasteiger charge is -2.27. The first-order valence-electron chi connectivity index (χ1n) is 10.2. The first-order valence-corrected chi connectivity index (χ1v) is 10.2. The van der Waals surface area contributed by atoms with E-state index in [1.54, 1.807) is 73.9 Å². The van der Waals surface area contributed by atoms with Crippen molar-refractivity contribution in [2.24, 2.45) is 0 Å². The van der Waals surface area contributed by atoms with Crippen molar-refractivity contribution in [1.82, 2.24) is 9.88 Å². The van der Waals surface area contributed by atoms with Gasteiger partial charge in [0.25, 0.3) is 11.8 Å². The second-order valence-electron chi connectivity index (χ2n) is 7.73. The highest BCUT2D eigenvalue weighted by Gasteiger charge is 2.37. The van der Waals surface area contributed by atoms with Crippen LogP contribution in [0.5, 0.6) is 0 Å². The SMILES string of the molecule is Cc1ccccc1N1C(=O)NC(=O)/C(=C\c2cc(C)n(-c3ccccc3C(=O)O)c2C)C1=O. The summed E-state index contributed by atoms with van der Waals surface area (Å²) >= 11 is 0. The number of hydrogen-bond donors (Lipinski definition) is 2. The molecule has 0 spiro atoms. The third-order valence-corrected chi connectivity index (χ3v) is 5.60. The molecule has 0 atom stereocenters. The lowest BCUT2D eigenvalue weighted by Crippen LogP contribution is -2.54. The van der Waals surface area contributed by atoms with E-state index in [4.69, 9.17) is 0 Å². The van der Waals surface area contributed by atoms with E-state index < -0.39 is 23.8 Å². The van der Waals surface area contributed by atoms with Gasteiger partial charge in [0.1, 0.15) is 5.57 Å². The molecule has 4 amide bonds. The molecule has 0 aliphatic carbocycles. The molecular formula is C25H21N3O5.